The second-order valence-electron chi connectivity index (χ2n) is 7.45. The minimum absolute atomic E-state index is 0.581. The van der Waals surface area contributed by atoms with E-state index in [1.807, 2.05) is 0 Å². The molecule has 21 heavy (non-hydrogen) atoms. The van der Waals surface area contributed by atoms with Gasteiger partial charge >= 0.3 is 0 Å². The summed E-state index contributed by atoms with van der Waals surface area (Å²) in [6.07, 6.45) is 22.5. The van der Waals surface area contributed by atoms with Gasteiger partial charge in [0.05, 0.1) is 0 Å². The van der Waals surface area contributed by atoms with Crippen LogP contribution in [0.5, 0.6) is 0 Å². The zero-order valence-electron chi connectivity index (χ0n) is 15.5. The molecule has 127 valence electrons. The standard InChI is InChI=1S/C21H43/c1-5-8-10-12-13-14-15-17-20-21(4,18-7-3)19-16-11-9-6-2/h3,5-20H2,1-2,4H3. The van der Waals surface area contributed by atoms with Crippen molar-refractivity contribution < 1.29 is 0 Å². The zero-order chi connectivity index (χ0) is 15.8. The highest BCUT2D eigenvalue weighted by Gasteiger charge is 2.21. The van der Waals surface area contributed by atoms with E-state index >= 15 is 0 Å². The summed E-state index contributed by atoms with van der Waals surface area (Å²) in [4.78, 5) is 0. The van der Waals surface area contributed by atoms with Crippen molar-refractivity contribution in [3.05, 3.63) is 6.92 Å². The van der Waals surface area contributed by atoms with Crippen LogP contribution < -0.4 is 0 Å². The van der Waals surface area contributed by atoms with Gasteiger partial charge in [-0.15, -0.1) is 0 Å². The molecule has 0 nitrogen and oxygen atoms in total. The molecular weight excluding hydrogens is 252 g/mol. The molecule has 1 atom stereocenters. The molecule has 0 saturated heterocycles. The van der Waals surface area contributed by atoms with Crippen molar-refractivity contribution in [2.75, 3.05) is 0 Å². The first kappa shape index (κ1) is 21.0. The molecule has 0 spiro atoms. The highest BCUT2D eigenvalue weighted by molar-refractivity contribution is 4.75. The Bertz CT molecular complexity index is 196. The highest BCUT2D eigenvalue weighted by atomic mass is 14.3. The molecule has 0 heteroatoms. The number of rotatable bonds is 16. The van der Waals surface area contributed by atoms with Crippen molar-refractivity contribution in [3.8, 4) is 0 Å². The molecule has 0 heterocycles. The van der Waals surface area contributed by atoms with Gasteiger partial charge in [0.1, 0.15) is 0 Å². The molecule has 0 N–H and O–H groups in total. The van der Waals surface area contributed by atoms with Gasteiger partial charge in [-0.3, -0.25) is 0 Å². The normalized spacial score (nSPS) is 14.3. The molecule has 0 bridgehead atoms. The maximum absolute atomic E-state index is 4.10. The summed E-state index contributed by atoms with van der Waals surface area (Å²) >= 11 is 0. The van der Waals surface area contributed by atoms with Gasteiger partial charge in [0, 0.05) is 0 Å². The van der Waals surface area contributed by atoms with Gasteiger partial charge in [-0.25, -0.2) is 0 Å². The second-order valence-corrected chi connectivity index (χ2v) is 7.45. The van der Waals surface area contributed by atoms with Crippen LogP contribution in [0, 0.1) is 12.3 Å². The van der Waals surface area contributed by atoms with E-state index in [1.165, 1.54) is 96.3 Å². The van der Waals surface area contributed by atoms with E-state index in [2.05, 4.69) is 27.7 Å². The Morgan fingerprint density at radius 3 is 1.38 bits per heavy atom. The Balaban J connectivity index is 3.66. The van der Waals surface area contributed by atoms with Crippen molar-refractivity contribution >= 4 is 0 Å². The van der Waals surface area contributed by atoms with Gasteiger partial charge in [-0.1, -0.05) is 111 Å². The van der Waals surface area contributed by atoms with Crippen LogP contribution in [0.4, 0.5) is 0 Å². The third-order valence-electron chi connectivity index (χ3n) is 5.05. The van der Waals surface area contributed by atoms with Gasteiger partial charge in [-0.2, -0.15) is 0 Å². The summed E-state index contributed by atoms with van der Waals surface area (Å²) in [5.41, 5.74) is 0.581. The molecule has 0 aliphatic carbocycles. The molecule has 1 radical (unpaired) electrons. The average Bonchev–Trinajstić information content (AvgIpc) is 2.47. The highest BCUT2D eigenvalue weighted by Crippen LogP contribution is 2.35. The van der Waals surface area contributed by atoms with Crippen LogP contribution in [0.25, 0.3) is 0 Å². The average molecular weight is 296 g/mol. The van der Waals surface area contributed by atoms with Gasteiger partial charge in [0.25, 0.3) is 0 Å². The van der Waals surface area contributed by atoms with E-state index < -0.39 is 0 Å². The van der Waals surface area contributed by atoms with Crippen LogP contribution in [0.1, 0.15) is 124 Å². The molecule has 0 fully saturated rings. The van der Waals surface area contributed by atoms with Crippen molar-refractivity contribution in [1.29, 1.82) is 0 Å². The molecule has 0 aliphatic rings. The van der Waals surface area contributed by atoms with Gasteiger partial charge < -0.3 is 0 Å². The summed E-state index contributed by atoms with van der Waals surface area (Å²) in [6, 6.07) is 0. The van der Waals surface area contributed by atoms with Crippen LogP contribution in [0.15, 0.2) is 0 Å². The SMILES string of the molecule is [CH2]CCC(C)(CCCCCC)CCCCCCCCCC. The van der Waals surface area contributed by atoms with Crippen LogP contribution >= 0.6 is 0 Å². The maximum atomic E-state index is 4.10. The molecule has 0 rings (SSSR count). The van der Waals surface area contributed by atoms with E-state index in [0.29, 0.717) is 5.41 Å². The Morgan fingerprint density at radius 2 is 0.952 bits per heavy atom. The number of unbranched alkanes of at least 4 members (excludes halogenated alkanes) is 10. The summed E-state index contributed by atoms with van der Waals surface area (Å²) in [5, 5.41) is 0. The van der Waals surface area contributed by atoms with E-state index in [0.717, 1.165) is 6.42 Å². The van der Waals surface area contributed by atoms with Gasteiger partial charge in [0.2, 0.25) is 0 Å². The second kappa shape index (κ2) is 14.9. The molecule has 0 aromatic heterocycles. The zero-order valence-corrected chi connectivity index (χ0v) is 15.5. The topological polar surface area (TPSA) is 0 Å². The predicted octanol–water partition coefficient (Wildman–Crippen LogP) is 8.11. The van der Waals surface area contributed by atoms with E-state index in [1.54, 1.807) is 0 Å². The quantitative estimate of drug-likeness (QED) is 0.252. The smallest absolute Gasteiger partial charge is 0.0326 e. The van der Waals surface area contributed by atoms with E-state index in [4.69, 9.17) is 0 Å². The lowest BCUT2D eigenvalue weighted by Crippen LogP contribution is -2.16. The molecule has 0 aromatic rings. The first-order chi connectivity index (χ1) is 10.2. The summed E-state index contributed by atoms with van der Waals surface area (Å²) < 4.78 is 0. The predicted molar refractivity (Wildman–Crippen MR) is 98.7 cm³/mol. The Kier molecular flexibility index (Phi) is 14.9. The number of hydrogen-bond donors (Lipinski definition) is 0. The minimum atomic E-state index is 0.581. The van der Waals surface area contributed by atoms with Gasteiger partial charge in [-0.05, 0) is 24.7 Å². The fourth-order valence-electron chi connectivity index (χ4n) is 3.47. The van der Waals surface area contributed by atoms with Crippen molar-refractivity contribution in [2.24, 2.45) is 5.41 Å². The maximum Gasteiger partial charge on any atom is -0.0326 e. The van der Waals surface area contributed by atoms with Crippen molar-refractivity contribution in [1.82, 2.24) is 0 Å². The summed E-state index contributed by atoms with van der Waals surface area (Å²) in [6.45, 7) is 11.2. The van der Waals surface area contributed by atoms with Crippen molar-refractivity contribution in [2.45, 2.75) is 124 Å². The van der Waals surface area contributed by atoms with E-state index in [-0.39, 0.29) is 0 Å². The molecule has 1 unspecified atom stereocenters. The monoisotopic (exact) mass is 295 g/mol. The van der Waals surface area contributed by atoms with Crippen LogP contribution in [-0.4, -0.2) is 0 Å². The van der Waals surface area contributed by atoms with Crippen LogP contribution in [0.2, 0.25) is 0 Å². The summed E-state index contributed by atoms with van der Waals surface area (Å²) in [7, 11) is 0. The molecular formula is C21H43. The molecule has 0 aliphatic heterocycles. The third-order valence-corrected chi connectivity index (χ3v) is 5.05. The lowest BCUT2D eigenvalue weighted by Gasteiger charge is -2.29. The minimum Gasteiger partial charge on any atom is -0.0654 e. The Morgan fingerprint density at radius 1 is 0.571 bits per heavy atom. The lowest BCUT2D eigenvalue weighted by atomic mass is 9.76. The van der Waals surface area contributed by atoms with Crippen LogP contribution in [0.3, 0.4) is 0 Å². The molecule has 0 amide bonds. The van der Waals surface area contributed by atoms with E-state index in [9.17, 15) is 0 Å². The third kappa shape index (κ3) is 13.4. The largest absolute Gasteiger partial charge is 0.0654 e. The van der Waals surface area contributed by atoms with Crippen LogP contribution in [-0.2, 0) is 0 Å². The van der Waals surface area contributed by atoms with Gasteiger partial charge in [0.15, 0.2) is 0 Å². The number of hydrogen-bond acceptors (Lipinski definition) is 0. The fourth-order valence-corrected chi connectivity index (χ4v) is 3.47. The Labute approximate surface area is 136 Å². The molecule has 0 saturated carbocycles. The Hall–Kier alpha value is 0. The summed E-state index contributed by atoms with van der Waals surface area (Å²) in [5.74, 6) is 0. The first-order valence-electron chi connectivity index (χ1n) is 9.97. The van der Waals surface area contributed by atoms with Crippen molar-refractivity contribution in [3.63, 3.8) is 0 Å². The first-order valence-corrected chi connectivity index (χ1v) is 9.97. The molecule has 0 aromatic carbocycles. The lowest BCUT2D eigenvalue weighted by molar-refractivity contribution is 0.232. The fraction of sp³-hybridized carbons (Fsp3) is 0.952.